The first-order chi connectivity index (χ1) is 11.6. The summed E-state index contributed by atoms with van der Waals surface area (Å²) in [5, 5.41) is 4.51. The number of hydrogen-bond donors (Lipinski definition) is 0. The number of amides is 1. The molecule has 5 heteroatoms. The highest BCUT2D eigenvalue weighted by atomic mass is 16.2. The number of hydrogen-bond acceptors (Lipinski definition) is 3. The Kier molecular flexibility index (Phi) is 4.97. The van der Waals surface area contributed by atoms with Gasteiger partial charge in [-0.2, -0.15) is 5.10 Å². The van der Waals surface area contributed by atoms with Crippen LogP contribution in [-0.2, 0) is 4.79 Å². The van der Waals surface area contributed by atoms with Crippen molar-refractivity contribution in [1.82, 2.24) is 19.7 Å². The van der Waals surface area contributed by atoms with Gasteiger partial charge in [-0.05, 0) is 57.4 Å². The maximum absolute atomic E-state index is 13.2. The zero-order valence-corrected chi connectivity index (χ0v) is 14.8. The van der Waals surface area contributed by atoms with E-state index in [1.54, 1.807) is 0 Å². The zero-order chi connectivity index (χ0) is 17.1. The summed E-state index contributed by atoms with van der Waals surface area (Å²) in [5.41, 5.74) is 3.16. The maximum atomic E-state index is 13.2. The zero-order valence-electron chi connectivity index (χ0n) is 14.8. The third-order valence-electron chi connectivity index (χ3n) is 4.90. The van der Waals surface area contributed by atoms with Gasteiger partial charge in [-0.15, -0.1) is 0 Å². The van der Waals surface area contributed by atoms with Crippen LogP contribution in [0.4, 0.5) is 0 Å². The first-order valence-corrected chi connectivity index (χ1v) is 8.81. The molecule has 0 bridgehead atoms. The second kappa shape index (κ2) is 7.16. The van der Waals surface area contributed by atoms with Gasteiger partial charge in [0.1, 0.15) is 6.04 Å². The number of aromatic nitrogens is 3. The Bertz CT molecular complexity index is 695. The van der Waals surface area contributed by atoms with Crippen molar-refractivity contribution >= 4 is 5.91 Å². The molecule has 0 aromatic carbocycles. The Hall–Kier alpha value is -2.17. The maximum Gasteiger partial charge on any atom is 0.247 e. The van der Waals surface area contributed by atoms with Crippen LogP contribution in [-0.4, -0.2) is 32.1 Å². The number of nitrogens with zero attached hydrogens (tertiary/aromatic N) is 4. The summed E-state index contributed by atoms with van der Waals surface area (Å²) in [6.07, 6.45) is 8.04. The molecule has 2 aromatic rings. The van der Waals surface area contributed by atoms with Crippen LogP contribution in [0.1, 0.15) is 61.6 Å². The Labute approximate surface area is 143 Å². The van der Waals surface area contributed by atoms with E-state index in [9.17, 15) is 4.79 Å². The highest BCUT2D eigenvalue weighted by Gasteiger charge is 2.31. The van der Waals surface area contributed by atoms with E-state index < -0.39 is 0 Å². The van der Waals surface area contributed by atoms with E-state index in [0.717, 1.165) is 37.2 Å². The van der Waals surface area contributed by atoms with Crippen molar-refractivity contribution in [3.63, 3.8) is 0 Å². The topological polar surface area (TPSA) is 51.0 Å². The van der Waals surface area contributed by atoms with Crippen molar-refractivity contribution in [3.8, 4) is 0 Å². The van der Waals surface area contributed by atoms with Gasteiger partial charge in [-0.1, -0.05) is 12.8 Å². The van der Waals surface area contributed by atoms with E-state index in [1.165, 1.54) is 12.0 Å². The lowest BCUT2D eigenvalue weighted by atomic mass is 10.0. The average Bonchev–Trinajstić information content (AvgIpc) is 2.79. The van der Waals surface area contributed by atoms with Crippen LogP contribution in [0.5, 0.6) is 0 Å². The number of rotatable bonds is 3. The van der Waals surface area contributed by atoms with E-state index in [2.05, 4.69) is 15.0 Å². The molecule has 1 fully saturated rings. The molecule has 1 amide bonds. The van der Waals surface area contributed by atoms with Crippen LogP contribution >= 0.6 is 0 Å². The Morgan fingerprint density at radius 2 is 1.96 bits per heavy atom. The van der Waals surface area contributed by atoms with Gasteiger partial charge in [0, 0.05) is 24.6 Å². The Morgan fingerprint density at radius 1 is 1.21 bits per heavy atom. The fourth-order valence-electron chi connectivity index (χ4n) is 3.69. The summed E-state index contributed by atoms with van der Waals surface area (Å²) in [7, 11) is 0. The van der Waals surface area contributed by atoms with Crippen LogP contribution in [0.3, 0.4) is 0 Å². The van der Waals surface area contributed by atoms with Crippen LogP contribution in [0, 0.1) is 13.8 Å². The van der Waals surface area contributed by atoms with Gasteiger partial charge in [0.2, 0.25) is 5.91 Å². The van der Waals surface area contributed by atoms with Crippen LogP contribution in [0.15, 0.2) is 30.6 Å². The van der Waals surface area contributed by atoms with Crippen LogP contribution in [0.25, 0.3) is 0 Å². The second-order valence-corrected chi connectivity index (χ2v) is 6.72. The van der Waals surface area contributed by atoms with E-state index in [-0.39, 0.29) is 18.0 Å². The van der Waals surface area contributed by atoms with E-state index in [4.69, 9.17) is 0 Å². The van der Waals surface area contributed by atoms with Gasteiger partial charge in [0.25, 0.3) is 0 Å². The van der Waals surface area contributed by atoms with E-state index in [1.807, 2.05) is 56.0 Å². The molecule has 0 N–H and O–H groups in total. The van der Waals surface area contributed by atoms with Crippen molar-refractivity contribution in [2.24, 2.45) is 0 Å². The minimum Gasteiger partial charge on any atom is -0.334 e. The molecule has 0 radical (unpaired) electrons. The largest absolute Gasteiger partial charge is 0.334 e. The Morgan fingerprint density at radius 3 is 2.62 bits per heavy atom. The van der Waals surface area contributed by atoms with Gasteiger partial charge in [-0.25, -0.2) is 0 Å². The van der Waals surface area contributed by atoms with Crippen molar-refractivity contribution < 1.29 is 4.79 Å². The molecule has 24 heavy (non-hydrogen) atoms. The average molecular weight is 326 g/mol. The predicted molar refractivity (Wildman–Crippen MR) is 93.6 cm³/mol. The molecular formula is C19H26N4O. The monoisotopic (exact) mass is 326 g/mol. The fourth-order valence-corrected chi connectivity index (χ4v) is 3.69. The molecule has 5 nitrogen and oxygen atoms in total. The normalized spacial score (nSPS) is 19.8. The number of carbonyl (C=O) groups excluding carboxylic acids is 1. The van der Waals surface area contributed by atoms with Gasteiger partial charge < -0.3 is 4.90 Å². The molecule has 128 valence electrons. The van der Waals surface area contributed by atoms with Gasteiger partial charge in [-0.3, -0.25) is 14.5 Å². The van der Waals surface area contributed by atoms with Gasteiger partial charge in [0.15, 0.2) is 0 Å². The summed E-state index contributed by atoms with van der Waals surface area (Å²) in [6, 6.07) is 5.95. The summed E-state index contributed by atoms with van der Waals surface area (Å²) in [4.78, 5) is 19.4. The highest BCUT2D eigenvalue weighted by molar-refractivity contribution is 5.80. The van der Waals surface area contributed by atoms with E-state index >= 15 is 0 Å². The molecule has 3 heterocycles. The SMILES string of the molecule is Cc1cc(C)n([C@H](C)C(=O)N2CCCCC[C@@H]2c2ccncc2)n1. The number of likely N-dealkylation sites (tertiary alicyclic amines) is 1. The lowest BCUT2D eigenvalue weighted by Crippen LogP contribution is -2.39. The summed E-state index contributed by atoms with van der Waals surface area (Å²) in [5.74, 6) is 0.157. The Balaban J connectivity index is 1.88. The van der Waals surface area contributed by atoms with Crippen LogP contribution in [0.2, 0.25) is 0 Å². The smallest absolute Gasteiger partial charge is 0.247 e. The lowest BCUT2D eigenvalue weighted by Gasteiger charge is -2.33. The lowest BCUT2D eigenvalue weighted by molar-refractivity contribution is -0.137. The molecule has 1 saturated heterocycles. The fraction of sp³-hybridized carbons (Fsp3) is 0.526. The van der Waals surface area contributed by atoms with Crippen LogP contribution < -0.4 is 0 Å². The highest BCUT2D eigenvalue weighted by Crippen LogP contribution is 2.31. The number of carbonyl (C=O) groups is 1. The standard InChI is InChI=1S/C19H26N4O/c1-14-13-15(2)23(21-14)16(3)19(24)22-12-6-4-5-7-18(22)17-8-10-20-11-9-17/h8-11,13,16,18H,4-7,12H2,1-3H3/t16-,18-/m1/s1. The van der Waals surface area contributed by atoms with Gasteiger partial charge in [0.05, 0.1) is 11.7 Å². The molecule has 0 unspecified atom stereocenters. The van der Waals surface area contributed by atoms with Crippen molar-refractivity contribution in [2.45, 2.75) is 58.5 Å². The summed E-state index contributed by atoms with van der Waals surface area (Å²) >= 11 is 0. The molecule has 0 spiro atoms. The molecule has 0 saturated carbocycles. The third-order valence-corrected chi connectivity index (χ3v) is 4.90. The molecule has 3 rings (SSSR count). The minimum atomic E-state index is -0.277. The minimum absolute atomic E-state index is 0.141. The quantitative estimate of drug-likeness (QED) is 0.866. The first-order valence-electron chi connectivity index (χ1n) is 8.81. The number of aryl methyl sites for hydroxylation is 2. The van der Waals surface area contributed by atoms with E-state index in [0.29, 0.717) is 0 Å². The van der Waals surface area contributed by atoms with Gasteiger partial charge >= 0.3 is 0 Å². The molecule has 1 aliphatic rings. The molecule has 0 aliphatic carbocycles. The molecule has 2 atom stereocenters. The predicted octanol–water partition coefficient (Wildman–Crippen LogP) is 3.60. The second-order valence-electron chi connectivity index (χ2n) is 6.72. The molecule has 1 aliphatic heterocycles. The summed E-state index contributed by atoms with van der Waals surface area (Å²) in [6.45, 7) is 6.74. The molecular weight excluding hydrogens is 300 g/mol. The van der Waals surface area contributed by atoms with Crippen molar-refractivity contribution in [2.75, 3.05) is 6.54 Å². The van der Waals surface area contributed by atoms with Crippen molar-refractivity contribution in [1.29, 1.82) is 0 Å². The third kappa shape index (κ3) is 3.35. The summed E-state index contributed by atoms with van der Waals surface area (Å²) < 4.78 is 1.85. The first kappa shape index (κ1) is 16.7. The van der Waals surface area contributed by atoms with Crippen molar-refractivity contribution in [3.05, 3.63) is 47.5 Å². The molecule has 2 aromatic heterocycles. The number of pyridine rings is 1.